The molecule has 0 saturated carbocycles. The van der Waals surface area contributed by atoms with E-state index in [-0.39, 0.29) is 11.7 Å². The number of carbonyl (C=O) groups is 1. The Morgan fingerprint density at radius 1 is 1.17 bits per heavy atom. The molecule has 0 spiro atoms. The molecule has 0 unspecified atom stereocenters. The number of carbonyl (C=O) groups excluding carboxylic acids is 1. The fourth-order valence-corrected chi connectivity index (χ4v) is 2.96. The molecule has 8 heteroatoms. The number of rotatable bonds is 5. The lowest BCUT2D eigenvalue weighted by atomic mass is 10.2. The van der Waals surface area contributed by atoms with E-state index in [1.807, 2.05) is 24.3 Å². The van der Waals surface area contributed by atoms with Gasteiger partial charge in [0.1, 0.15) is 0 Å². The van der Waals surface area contributed by atoms with Crippen LogP contribution >= 0.6 is 46.0 Å². The van der Waals surface area contributed by atoms with E-state index in [0.717, 1.165) is 9.13 Å². The van der Waals surface area contributed by atoms with Gasteiger partial charge in [-0.05, 0) is 59.0 Å². The highest BCUT2D eigenvalue weighted by atomic mass is 127. The molecule has 0 aliphatic carbocycles. The molecular weight excluding hydrogens is 461 g/mol. The van der Waals surface area contributed by atoms with Gasteiger partial charge in [0.25, 0.3) is 5.22 Å². The van der Waals surface area contributed by atoms with Crippen LogP contribution in [0.4, 0.5) is 5.69 Å². The zero-order chi connectivity index (χ0) is 16.9. The molecule has 0 saturated heterocycles. The van der Waals surface area contributed by atoms with Crippen LogP contribution in [0.15, 0.2) is 58.2 Å². The Morgan fingerprint density at radius 3 is 2.67 bits per heavy atom. The first-order valence-corrected chi connectivity index (χ1v) is 9.32. The number of aromatic nitrogens is 2. The minimum absolute atomic E-state index is 0.152. The van der Waals surface area contributed by atoms with Crippen LogP contribution in [0.5, 0.6) is 0 Å². The number of thioether (sulfide) groups is 1. The maximum Gasteiger partial charge on any atom is 0.277 e. The van der Waals surface area contributed by atoms with Crippen LogP contribution < -0.4 is 5.32 Å². The molecule has 1 heterocycles. The minimum atomic E-state index is -0.192. The Balaban J connectivity index is 1.58. The van der Waals surface area contributed by atoms with Gasteiger partial charge >= 0.3 is 0 Å². The van der Waals surface area contributed by atoms with Gasteiger partial charge < -0.3 is 9.73 Å². The van der Waals surface area contributed by atoms with E-state index in [1.165, 1.54) is 11.8 Å². The van der Waals surface area contributed by atoms with E-state index >= 15 is 0 Å². The molecule has 3 aromatic rings. The van der Waals surface area contributed by atoms with Crippen LogP contribution in [0.1, 0.15) is 0 Å². The Morgan fingerprint density at radius 2 is 1.92 bits per heavy atom. The number of halogens is 2. The van der Waals surface area contributed by atoms with Gasteiger partial charge in [-0.15, -0.1) is 10.2 Å². The fourth-order valence-electron chi connectivity index (χ4n) is 1.85. The van der Waals surface area contributed by atoms with Crippen LogP contribution in [0.2, 0.25) is 5.02 Å². The number of amides is 1. The third-order valence-corrected chi connectivity index (χ3v) is 4.84. The van der Waals surface area contributed by atoms with Crippen molar-refractivity contribution in [3.63, 3.8) is 0 Å². The Hall–Kier alpha value is -1.58. The van der Waals surface area contributed by atoms with Crippen molar-refractivity contribution in [1.82, 2.24) is 10.2 Å². The summed E-state index contributed by atoms with van der Waals surface area (Å²) in [5.74, 6) is 0.391. The molecule has 24 heavy (non-hydrogen) atoms. The Bertz CT molecular complexity index is 855. The lowest BCUT2D eigenvalue weighted by Gasteiger charge is -2.05. The highest BCUT2D eigenvalue weighted by molar-refractivity contribution is 14.1. The van der Waals surface area contributed by atoms with Gasteiger partial charge in [-0.2, -0.15) is 0 Å². The average molecular weight is 472 g/mol. The van der Waals surface area contributed by atoms with Crippen molar-refractivity contribution in [2.45, 2.75) is 5.22 Å². The van der Waals surface area contributed by atoms with Crippen LogP contribution in [0.25, 0.3) is 11.5 Å². The lowest BCUT2D eigenvalue weighted by Crippen LogP contribution is -2.14. The van der Waals surface area contributed by atoms with Crippen molar-refractivity contribution >= 4 is 57.5 Å². The first kappa shape index (κ1) is 17.2. The number of nitrogens with one attached hydrogen (secondary N) is 1. The molecular formula is C16H11ClIN3O2S. The van der Waals surface area contributed by atoms with E-state index in [0.29, 0.717) is 21.8 Å². The summed E-state index contributed by atoms with van der Waals surface area (Å²) in [5.41, 5.74) is 1.42. The third kappa shape index (κ3) is 4.49. The molecule has 1 N–H and O–H groups in total. The van der Waals surface area contributed by atoms with Crippen molar-refractivity contribution in [3.8, 4) is 11.5 Å². The van der Waals surface area contributed by atoms with Crippen molar-refractivity contribution < 1.29 is 9.21 Å². The van der Waals surface area contributed by atoms with Crippen LogP contribution in [0, 0.1) is 3.57 Å². The number of para-hydroxylation sites is 1. The summed E-state index contributed by atoms with van der Waals surface area (Å²) < 4.78 is 6.69. The lowest BCUT2D eigenvalue weighted by molar-refractivity contribution is -0.113. The second kappa shape index (κ2) is 8.00. The van der Waals surface area contributed by atoms with E-state index in [9.17, 15) is 4.79 Å². The van der Waals surface area contributed by atoms with Gasteiger partial charge in [0, 0.05) is 9.13 Å². The molecule has 1 aromatic heterocycles. The normalized spacial score (nSPS) is 10.6. The molecule has 0 aliphatic rings. The molecule has 122 valence electrons. The fraction of sp³-hybridized carbons (Fsp3) is 0.0625. The van der Waals surface area contributed by atoms with Crippen molar-refractivity contribution in [1.29, 1.82) is 0 Å². The molecule has 0 radical (unpaired) electrons. The molecule has 0 fully saturated rings. The molecule has 0 bridgehead atoms. The summed E-state index contributed by atoms with van der Waals surface area (Å²) in [6.07, 6.45) is 0. The van der Waals surface area contributed by atoms with Gasteiger partial charge in [-0.1, -0.05) is 35.5 Å². The summed E-state index contributed by atoms with van der Waals surface area (Å²) in [6, 6.07) is 14.8. The summed E-state index contributed by atoms with van der Waals surface area (Å²) in [4.78, 5) is 12.0. The van der Waals surface area contributed by atoms with Crippen molar-refractivity contribution in [2.75, 3.05) is 11.1 Å². The average Bonchev–Trinajstić information content (AvgIpc) is 3.05. The van der Waals surface area contributed by atoms with E-state index in [2.05, 4.69) is 38.1 Å². The number of benzene rings is 2. The molecule has 3 rings (SSSR count). The number of nitrogens with zero attached hydrogens (tertiary/aromatic N) is 2. The number of anilines is 1. The molecule has 2 aromatic carbocycles. The van der Waals surface area contributed by atoms with Crippen LogP contribution in [-0.2, 0) is 4.79 Å². The number of hydrogen-bond acceptors (Lipinski definition) is 5. The topological polar surface area (TPSA) is 68.0 Å². The Labute approximate surface area is 161 Å². The van der Waals surface area contributed by atoms with Crippen molar-refractivity contribution in [2.24, 2.45) is 0 Å². The predicted octanol–water partition coefficient (Wildman–Crippen LogP) is 4.73. The highest BCUT2D eigenvalue weighted by Gasteiger charge is 2.12. The van der Waals surface area contributed by atoms with Gasteiger partial charge in [-0.3, -0.25) is 4.79 Å². The monoisotopic (exact) mass is 471 g/mol. The van der Waals surface area contributed by atoms with E-state index < -0.39 is 0 Å². The van der Waals surface area contributed by atoms with Crippen molar-refractivity contribution in [3.05, 3.63) is 57.1 Å². The second-order valence-corrected chi connectivity index (χ2v) is 7.28. The first-order chi connectivity index (χ1) is 11.6. The zero-order valence-electron chi connectivity index (χ0n) is 12.2. The standard InChI is InChI=1S/C16H11ClIN3O2S/c17-12-3-1-2-4-13(12)19-14(22)9-24-16-21-20-15(23-16)10-5-7-11(18)8-6-10/h1-8H,9H2,(H,19,22). The minimum Gasteiger partial charge on any atom is -0.411 e. The molecule has 1 amide bonds. The number of hydrogen-bond donors (Lipinski definition) is 1. The second-order valence-electron chi connectivity index (χ2n) is 4.70. The SMILES string of the molecule is O=C(CSc1nnc(-c2ccc(I)cc2)o1)Nc1ccccc1Cl. The third-order valence-electron chi connectivity index (χ3n) is 2.97. The largest absolute Gasteiger partial charge is 0.411 e. The van der Waals surface area contributed by atoms with Crippen LogP contribution in [0.3, 0.4) is 0 Å². The first-order valence-electron chi connectivity index (χ1n) is 6.88. The predicted molar refractivity (Wildman–Crippen MR) is 103 cm³/mol. The quantitative estimate of drug-likeness (QED) is 0.431. The Kier molecular flexibility index (Phi) is 5.75. The van der Waals surface area contributed by atoms with Gasteiger partial charge in [0.2, 0.25) is 11.8 Å². The van der Waals surface area contributed by atoms with E-state index in [4.69, 9.17) is 16.0 Å². The highest BCUT2D eigenvalue weighted by Crippen LogP contribution is 2.25. The summed E-state index contributed by atoms with van der Waals surface area (Å²) >= 11 is 9.41. The smallest absolute Gasteiger partial charge is 0.277 e. The zero-order valence-corrected chi connectivity index (χ0v) is 15.9. The van der Waals surface area contributed by atoms with Gasteiger partial charge in [0.05, 0.1) is 16.5 Å². The molecule has 5 nitrogen and oxygen atoms in total. The van der Waals surface area contributed by atoms with E-state index in [1.54, 1.807) is 24.3 Å². The van der Waals surface area contributed by atoms with Crippen LogP contribution in [-0.4, -0.2) is 21.9 Å². The molecule has 0 atom stereocenters. The van der Waals surface area contributed by atoms with Gasteiger partial charge in [0.15, 0.2) is 0 Å². The van der Waals surface area contributed by atoms with Gasteiger partial charge in [-0.25, -0.2) is 0 Å². The summed E-state index contributed by atoms with van der Waals surface area (Å²) in [7, 11) is 0. The maximum atomic E-state index is 12.0. The maximum absolute atomic E-state index is 12.0. The molecule has 0 aliphatic heterocycles. The summed E-state index contributed by atoms with van der Waals surface area (Å²) in [6.45, 7) is 0. The summed E-state index contributed by atoms with van der Waals surface area (Å²) in [5, 5.41) is 11.5.